The zero-order valence-electron chi connectivity index (χ0n) is 9.11. The first-order valence-corrected chi connectivity index (χ1v) is 5.28. The molecule has 0 heterocycles. The summed E-state index contributed by atoms with van der Waals surface area (Å²) >= 11 is 0. The van der Waals surface area contributed by atoms with Crippen LogP contribution in [0.5, 0.6) is 0 Å². The number of rotatable bonds is 5. The molecule has 0 aromatic rings. The van der Waals surface area contributed by atoms with Crippen molar-refractivity contribution in [3.63, 3.8) is 0 Å². The van der Waals surface area contributed by atoms with Crippen LogP contribution in [-0.4, -0.2) is 24.9 Å². The highest BCUT2D eigenvalue weighted by atomic mass is 16.2. The van der Waals surface area contributed by atoms with Gasteiger partial charge in [0, 0.05) is 12.1 Å². The lowest BCUT2D eigenvalue weighted by molar-refractivity contribution is -0.119. The van der Waals surface area contributed by atoms with E-state index < -0.39 is 5.91 Å². The molecular weight excluding hydrogens is 206 g/mol. The third kappa shape index (κ3) is 3.86. The van der Waals surface area contributed by atoms with Gasteiger partial charge in [-0.3, -0.25) is 9.59 Å². The molecular formula is C11H17N3O2. The van der Waals surface area contributed by atoms with Crippen molar-refractivity contribution < 1.29 is 9.59 Å². The molecule has 0 spiro atoms. The molecule has 0 radical (unpaired) electrons. The van der Waals surface area contributed by atoms with Crippen LogP contribution in [-0.2, 0) is 9.59 Å². The Morgan fingerprint density at radius 2 is 2.25 bits per heavy atom. The van der Waals surface area contributed by atoms with Crippen LogP contribution in [0, 0.1) is 5.92 Å². The van der Waals surface area contributed by atoms with Gasteiger partial charge in [-0.25, -0.2) is 0 Å². The van der Waals surface area contributed by atoms with E-state index >= 15 is 0 Å². The van der Waals surface area contributed by atoms with Gasteiger partial charge in [0.15, 0.2) is 0 Å². The third-order valence-corrected chi connectivity index (χ3v) is 2.50. The SMILES string of the molecule is NCC(=O)NCCC1C=CC(C(N)=O)=CC1. The molecule has 5 heteroatoms. The molecule has 1 aliphatic carbocycles. The van der Waals surface area contributed by atoms with Crippen molar-refractivity contribution in [1.82, 2.24) is 5.32 Å². The van der Waals surface area contributed by atoms with E-state index in [2.05, 4.69) is 5.32 Å². The molecule has 0 aromatic carbocycles. The maximum atomic E-state index is 10.9. The minimum Gasteiger partial charge on any atom is -0.366 e. The summed E-state index contributed by atoms with van der Waals surface area (Å²) in [6.07, 6.45) is 7.14. The number of amides is 2. The first-order chi connectivity index (χ1) is 7.63. The van der Waals surface area contributed by atoms with Crippen LogP contribution in [0.4, 0.5) is 0 Å². The summed E-state index contributed by atoms with van der Waals surface area (Å²) < 4.78 is 0. The highest BCUT2D eigenvalue weighted by molar-refractivity contribution is 5.94. The number of hydrogen-bond donors (Lipinski definition) is 3. The van der Waals surface area contributed by atoms with Crippen molar-refractivity contribution in [3.8, 4) is 0 Å². The Labute approximate surface area is 94.6 Å². The molecule has 0 saturated heterocycles. The largest absolute Gasteiger partial charge is 0.366 e. The fourth-order valence-electron chi connectivity index (χ4n) is 1.53. The number of nitrogens with one attached hydrogen (secondary N) is 1. The highest BCUT2D eigenvalue weighted by Crippen LogP contribution is 2.18. The topological polar surface area (TPSA) is 98.2 Å². The Balaban J connectivity index is 2.26. The predicted octanol–water partition coefficient (Wildman–Crippen LogP) is -0.561. The van der Waals surface area contributed by atoms with Crippen LogP contribution in [0.3, 0.4) is 0 Å². The zero-order chi connectivity index (χ0) is 12.0. The van der Waals surface area contributed by atoms with Gasteiger partial charge >= 0.3 is 0 Å². The normalized spacial score (nSPS) is 19.1. The molecule has 0 aromatic heterocycles. The first-order valence-electron chi connectivity index (χ1n) is 5.28. The van der Waals surface area contributed by atoms with E-state index in [1.807, 2.05) is 12.2 Å². The lowest BCUT2D eigenvalue weighted by Crippen LogP contribution is -2.31. The van der Waals surface area contributed by atoms with Gasteiger partial charge in [0.25, 0.3) is 0 Å². The van der Waals surface area contributed by atoms with Gasteiger partial charge in [-0.1, -0.05) is 18.2 Å². The molecule has 0 saturated carbocycles. The second kappa shape index (κ2) is 6.07. The van der Waals surface area contributed by atoms with Crippen molar-refractivity contribution in [2.45, 2.75) is 12.8 Å². The van der Waals surface area contributed by atoms with E-state index in [1.54, 1.807) is 6.08 Å². The molecule has 16 heavy (non-hydrogen) atoms. The Morgan fingerprint density at radius 1 is 1.50 bits per heavy atom. The molecule has 5 nitrogen and oxygen atoms in total. The number of hydrogen-bond acceptors (Lipinski definition) is 3. The Bertz CT molecular complexity index is 334. The fourth-order valence-corrected chi connectivity index (χ4v) is 1.53. The van der Waals surface area contributed by atoms with Crippen molar-refractivity contribution in [3.05, 3.63) is 23.8 Å². The molecule has 1 rings (SSSR count). The van der Waals surface area contributed by atoms with Crippen LogP contribution in [0.15, 0.2) is 23.8 Å². The summed E-state index contributed by atoms with van der Waals surface area (Å²) in [4.78, 5) is 21.7. The maximum absolute atomic E-state index is 10.9. The van der Waals surface area contributed by atoms with Gasteiger partial charge < -0.3 is 16.8 Å². The van der Waals surface area contributed by atoms with Gasteiger partial charge in [-0.15, -0.1) is 0 Å². The molecule has 1 aliphatic rings. The molecule has 0 bridgehead atoms. The average molecular weight is 223 g/mol. The molecule has 0 aliphatic heterocycles. The van der Waals surface area contributed by atoms with E-state index in [1.165, 1.54) is 0 Å². The van der Waals surface area contributed by atoms with Crippen LogP contribution in [0.1, 0.15) is 12.8 Å². The average Bonchev–Trinajstić information content (AvgIpc) is 2.29. The van der Waals surface area contributed by atoms with Crippen molar-refractivity contribution in [2.24, 2.45) is 17.4 Å². The minimum atomic E-state index is -0.397. The summed E-state index contributed by atoms with van der Waals surface area (Å²) in [5, 5.41) is 2.70. The molecule has 5 N–H and O–H groups in total. The van der Waals surface area contributed by atoms with Crippen molar-refractivity contribution in [1.29, 1.82) is 0 Å². The molecule has 0 fully saturated rings. The number of carbonyl (C=O) groups is 2. The number of nitrogens with two attached hydrogens (primary N) is 2. The Kier molecular flexibility index (Phi) is 4.72. The van der Waals surface area contributed by atoms with E-state index in [0.29, 0.717) is 18.0 Å². The highest BCUT2D eigenvalue weighted by Gasteiger charge is 2.11. The third-order valence-electron chi connectivity index (χ3n) is 2.50. The number of allylic oxidation sites excluding steroid dienone is 2. The van der Waals surface area contributed by atoms with Crippen LogP contribution in [0.2, 0.25) is 0 Å². The maximum Gasteiger partial charge on any atom is 0.248 e. The standard InChI is InChI=1S/C11H17N3O2/c12-7-10(15)14-6-5-8-1-3-9(4-2-8)11(13)16/h1,3-4,8H,2,5-7,12H2,(H2,13,16)(H,14,15). The van der Waals surface area contributed by atoms with Gasteiger partial charge in [0.1, 0.15) is 0 Å². The first kappa shape index (κ1) is 12.4. The monoisotopic (exact) mass is 223 g/mol. The van der Waals surface area contributed by atoms with Gasteiger partial charge in [-0.05, 0) is 18.8 Å². The zero-order valence-corrected chi connectivity index (χ0v) is 9.11. The Hall–Kier alpha value is -1.62. The van der Waals surface area contributed by atoms with Gasteiger partial charge in [0.2, 0.25) is 11.8 Å². The van der Waals surface area contributed by atoms with Crippen LogP contribution in [0.25, 0.3) is 0 Å². The van der Waals surface area contributed by atoms with Crippen LogP contribution >= 0.6 is 0 Å². The summed E-state index contributed by atoms with van der Waals surface area (Å²) in [6, 6.07) is 0. The number of primary amides is 1. The molecule has 88 valence electrons. The van der Waals surface area contributed by atoms with E-state index in [0.717, 1.165) is 12.8 Å². The van der Waals surface area contributed by atoms with E-state index in [-0.39, 0.29) is 12.5 Å². The predicted molar refractivity (Wildman–Crippen MR) is 61.2 cm³/mol. The number of carbonyl (C=O) groups excluding carboxylic acids is 2. The van der Waals surface area contributed by atoms with Gasteiger partial charge in [0.05, 0.1) is 6.54 Å². The second-order valence-electron chi connectivity index (χ2n) is 3.72. The summed E-state index contributed by atoms with van der Waals surface area (Å²) in [5.74, 6) is -0.194. The summed E-state index contributed by atoms with van der Waals surface area (Å²) in [7, 11) is 0. The van der Waals surface area contributed by atoms with Gasteiger partial charge in [-0.2, -0.15) is 0 Å². The van der Waals surface area contributed by atoms with E-state index in [4.69, 9.17) is 11.5 Å². The lowest BCUT2D eigenvalue weighted by atomic mass is 9.94. The minimum absolute atomic E-state index is 0.0201. The smallest absolute Gasteiger partial charge is 0.248 e. The van der Waals surface area contributed by atoms with Crippen molar-refractivity contribution in [2.75, 3.05) is 13.1 Å². The van der Waals surface area contributed by atoms with E-state index in [9.17, 15) is 9.59 Å². The second-order valence-corrected chi connectivity index (χ2v) is 3.72. The molecule has 2 amide bonds. The fraction of sp³-hybridized carbons (Fsp3) is 0.455. The summed E-state index contributed by atoms with van der Waals surface area (Å²) in [5.41, 5.74) is 10.9. The van der Waals surface area contributed by atoms with Crippen molar-refractivity contribution >= 4 is 11.8 Å². The van der Waals surface area contributed by atoms with Crippen LogP contribution < -0.4 is 16.8 Å². The lowest BCUT2D eigenvalue weighted by Gasteiger charge is -2.15. The molecule has 1 atom stereocenters. The summed E-state index contributed by atoms with van der Waals surface area (Å²) in [6.45, 7) is 0.622. The quantitative estimate of drug-likeness (QED) is 0.582. The molecule has 1 unspecified atom stereocenters. The Morgan fingerprint density at radius 3 is 2.75 bits per heavy atom.